The quantitative estimate of drug-likeness (QED) is 0.700. The number of thiophene rings is 1. The molecule has 152 valence electrons. The molecule has 3 heterocycles. The molecule has 28 heavy (non-hydrogen) atoms. The molecule has 0 aliphatic carbocycles. The molecule has 7 nitrogen and oxygen atoms in total. The van der Waals surface area contributed by atoms with E-state index < -0.39 is 10.0 Å². The Bertz CT molecular complexity index is 886. The summed E-state index contributed by atoms with van der Waals surface area (Å²) in [5, 5.41) is 3.42. The Morgan fingerprint density at radius 2 is 2.14 bits per heavy atom. The van der Waals surface area contributed by atoms with Gasteiger partial charge in [0.2, 0.25) is 15.8 Å². The third-order valence-corrected chi connectivity index (χ3v) is 7.19. The van der Waals surface area contributed by atoms with E-state index in [-0.39, 0.29) is 0 Å². The highest BCUT2D eigenvalue weighted by Crippen LogP contribution is 2.38. The highest BCUT2D eigenvalue weighted by Gasteiger charge is 2.25. The van der Waals surface area contributed by atoms with E-state index >= 15 is 0 Å². The summed E-state index contributed by atoms with van der Waals surface area (Å²) in [6, 6.07) is 7.29. The van der Waals surface area contributed by atoms with Crippen LogP contribution in [-0.2, 0) is 10.0 Å². The zero-order chi connectivity index (χ0) is 19.4. The second-order valence-corrected chi connectivity index (χ2v) is 9.44. The summed E-state index contributed by atoms with van der Waals surface area (Å²) >= 11 is 1.38. The highest BCUT2D eigenvalue weighted by molar-refractivity contribution is 7.89. The van der Waals surface area contributed by atoms with E-state index in [0.29, 0.717) is 48.7 Å². The third-order valence-electron chi connectivity index (χ3n) is 4.93. The molecule has 1 atom stereocenters. The second-order valence-electron chi connectivity index (χ2n) is 6.90. The standard InChI is InChI=1S/C19H24N2O5S2/c22-28(23,16-5-11-27-14-16)20-12-15-4-6-21(13-15)7-8-24-17-2-1-3-18-19(17)26-10-9-25-18/h1-3,5,11,14-15,20H,4,6-10,12-13H2. The molecule has 1 fully saturated rings. The number of benzene rings is 1. The van der Waals surface area contributed by atoms with Crippen LogP contribution in [0.1, 0.15) is 6.42 Å². The molecule has 2 aliphatic rings. The van der Waals surface area contributed by atoms with Crippen molar-refractivity contribution in [2.45, 2.75) is 11.3 Å². The lowest BCUT2D eigenvalue weighted by atomic mass is 10.1. The van der Waals surface area contributed by atoms with Crippen LogP contribution in [0.15, 0.2) is 39.9 Å². The van der Waals surface area contributed by atoms with Gasteiger partial charge in [0.25, 0.3) is 0 Å². The average Bonchev–Trinajstić information content (AvgIpc) is 3.39. The van der Waals surface area contributed by atoms with Crippen LogP contribution in [0.5, 0.6) is 17.2 Å². The molecule has 2 aliphatic heterocycles. The first-order valence-electron chi connectivity index (χ1n) is 9.37. The summed E-state index contributed by atoms with van der Waals surface area (Å²) in [6.45, 7) is 4.70. The number of likely N-dealkylation sites (tertiary alicyclic amines) is 1. The van der Waals surface area contributed by atoms with Crippen LogP contribution in [0.3, 0.4) is 0 Å². The molecule has 1 unspecified atom stereocenters. The Morgan fingerprint density at radius 3 is 3.00 bits per heavy atom. The second kappa shape index (κ2) is 8.69. The van der Waals surface area contributed by atoms with Crippen LogP contribution in [0.4, 0.5) is 0 Å². The Labute approximate surface area is 169 Å². The number of sulfonamides is 1. The fourth-order valence-electron chi connectivity index (χ4n) is 3.44. The molecule has 0 radical (unpaired) electrons. The molecule has 0 amide bonds. The first-order valence-corrected chi connectivity index (χ1v) is 11.8. The van der Waals surface area contributed by atoms with Crippen molar-refractivity contribution in [2.75, 3.05) is 46.0 Å². The summed E-state index contributed by atoms with van der Waals surface area (Å²) in [7, 11) is -3.39. The van der Waals surface area contributed by atoms with Crippen molar-refractivity contribution >= 4 is 21.4 Å². The number of hydrogen-bond donors (Lipinski definition) is 1. The topological polar surface area (TPSA) is 77.1 Å². The summed E-state index contributed by atoms with van der Waals surface area (Å²) < 4.78 is 44.3. The van der Waals surface area contributed by atoms with E-state index in [1.807, 2.05) is 18.2 Å². The van der Waals surface area contributed by atoms with Crippen LogP contribution in [-0.4, -0.2) is 59.3 Å². The minimum Gasteiger partial charge on any atom is -0.488 e. The lowest BCUT2D eigenvalue weighted by molar-refractivity contribution is 0.158. The lowest BCUT2D eigenvalue weighted by Crippen LogP contribution is -2.32. The van der Waals surface area contributed by atoms with Gasteiger partial charge in [0.05, 0.1) is 4.90 Å². The lowest BCUT2D eigenvalue weighted by Gasteiger charge is -2.22. The number of para-hydroxylation sites is 1. The maximum atomic E-state index is 12.2. The SMILES string of the molecule is O=S(=O)(NCC1CCN(CCOc2cccc3c2OCCO3)C1)c1ccsc1. The maximum absolute atomic E-state index is 12.2. The van der Waals surface area contributed by atoms with Crippen molar-refractivity contribution in [3.05, 3.63) is 35.0 Å². The molecule has 4 rings (SSSR count). The van der Waals surface area contributed by atoms with E-state index in [9.17, 15) is 8.42 Å². The average molecular weight is 425 g/mol. The number of fused-ring (bicyclic) bond motifs is 1. The van der Waals surface area contributed by atoms with Gasteiger partial charge in [-0.05, 0) is 42.5 Å². The molecule has 1 N–H and O–H groups in total. The van der Waals surface area contributed by atoms with Crippen molar-refractivity contribution in [1.29, 1.82) is 0 Å². The summed E-state index contributed by atoms with van der Waals surface area (Å²) in [4.78, 5) is 2.65. The van der Waals surface area contributed by atoms with Crippen molar-refractivity contribution in [3.63, 3.8) is 0 Å². The van der Waals surface area contributed by atoms with Gasteiger partial charge in [0.15, 0.2) is 11.5 Å². The molecule has 9 heteroatoms. The van der Waals surface area contributed by atoms with Gasteiger partial charge in [0.1, 0.15) is 19.8 Å². The van der Waals surface area contributed by atoms with Gasteiger partial charge in [-0.1, -0.05) is 6.07 Å². The van der Waals surface area contributed by atoms with E-state index in [1.165, 1.54) is 11.3 Å². The van der Waals surface area contributed by atoms with Crippen LogP contribution in [0.25, 0.3) is 0 Å². The predicted octanol–water partition coefficient (Wildman–Crippen LogP) is 2.20. The van der Waals surface area contributed by atoms with Crippen LogP contribution in [0.2, 0.25) is 0 Å². The summed E-state index contributed by atoms with van der Waals surface area (Å²) in [6.07, 6.45) is 0.976. The first kappa shape index (κ1) is 19.5. The van der Waals surface area contributed by atoms with Crippen LogP contribution in [0, 0.1) is 5.92 Å². The molecule has 2 aromatic rings. The van der Waals surface area contributed by atoms with Gasteiger partial charge >= 0.3 is 0 Å². The summed E-state index contributed by atoms with van der Waals surface area (Å²) in [5.41, 5.74) is 0. The van der Waals surface area contributed by atoms with Crippen LogP contribution >= 0.6 is 11.3 Å². The molecule has 1 saturated heterocycles. The number of nitrogens with zero attached hydrogens (tertiary/aromatic N) is 1. The van der Waals surface area contributed by atoms with Gasteiger partial charge in [-0.15, -0.1) is 0 Å². The normalized spacial score (nSPS) is 19.6. The zero-order valence-corrected chi connectivity index (χ0v) is 17.1. The molecule has 1 aromatic heterocycles. The van der Waals surface area contributed by atoms with E-state index in [2.05, 4.69) is 9.62 Å². The first-order chi connectivity index (χ1) is 13.6. The molecule has 1 aromatic carbocycles. The minimum absolute atomic E-state index is 0.314. The molecule has 0 bridgehead atoms. The van der Waals surface area contributed by atoms with Gasteiger partial charge in [-0.3, -0.25) is 4.90 Å². The van der Waals surface area contributed by atoms with Gasteiger partial charge in [0, 0.05) is 25.0 Å². The Hall–Kier alpha value is -1.81. The van der Waals surface area contributed by atoms with Gasteiger partial charge in [-0.25, -0.2) is 13.1 Å². The smallest absolute Gasteiger partial charge is 0.241 e. The van der Waals surface area contributed by atoms with E-state index in [4.69, 9.17) is 14.2 Å². The predicted molar refractivity (Wildman–Crippen MR) is 107 cm³/mol. The zero-order valence-electron chi connectivity index (χ0n) is 15.5. The van der Waals surface area contributed by atoms with Crippen molar-refractivity contribution in [3.8, 4) is 17.2 Å². The van der Waals surface area contributed by atoms with Gasteiger partial charge < -0.3 is 14.2 Å². The fourth-order valence-corrected chi connectivity index (χ4v) is 5.59. The number of ether oxygens (including phenoxy) is 3. The van der Waals surface area contributed by atoms with Crippen molar-refractivity contribution in [2.24, 2.45) is 5.92 Å². The summed E-state index contributed by atoms with van der Waals surface area (Å²) in [5.74, 6) is 2.42. The molecular weight excluding hydrogens is 400 g/mol. The minimum atomic E-state index is -3.39. The number of hydrogen-bond acceptors (Lipinski definition) is 7. The Balaban J connectivity index is 1.22. The highest BCUT2D eigenvalue weighted by atomic mass is 32.2. The van der Waals surface area contributed by atoms with E-state index in [1.54, 1.807) is 16.8 Å². The Morgan fingerprint density at radius 1 is 1.25 bits per heavy atom. The maximum Gasteiger partial charge on any atom is 0.241 e. The third kappa shape index (κ3) is 4.60. The van der Waals surface area contributed by atoms with Gasteiger partial charge in [-0.2, -0.15) is 11.3 Å². The monoisotopic (exact) mass is 424 g/mol. The number of rotatable bonds is 8. The molecule has 0 spiro atoms. The van der Waals surface area contributed by atoms with Crippen LogP contribution < -0.4 is 18.9 Å². The molecular formula is C19H24N2O5S2. The largest absolute Gasteiger partial charge is 0.488 e. The Kier molecular flexibility index (Phi) is 6.05. The molecule has 0 saturated carbocycles. The fraction of sp³-hybridized carbons (Fsp3) is 0.474. The number of nitrogens with one attached hydrogen (secondary N) is 1. The van der Waals surface area contributed by atoms with Crippen molar-refractivity contribution < 1.29 is 22.6 Å². The van der Waals surface area contributed by atoms with Crippen molar-refractivity contribution in [1.82, 2.24) is 9.62 Å². The van der Waals surface area contributed by atoms with E-state index in [0.717, 1.165) is 31.8 Å².